The molecule has 0 heterocycles. The van der Waals surface area contributed by atoms with Crippen LogP contribution in [-0.2, 0) is 10.5 Å². The summed E-state index contributed by atoms with van der Waals surface area (Å²) in [7, 11) is 0. The van der Waals surface area contributed by atoms with Gasteiger partial charge in [0.25, 0.3) is 0 Å². The first-order chi connectivity index (χ1) is 10.1. The molecule has 0 saturated heterocycles. The zero-order valence-corrected chi connectivity index (χ0v) is 13.2. The van der Waals surface area contributed by atoms with Crippen molar-refractivity contribution >= 4 is 40.6 Å². The highest BCUT2D eigenvalue weighted by Gasteiger charge is 2.14. The second-order valence-corrected chi connectivity index (χ2v) is 6.40. The van der Waals surface area contributed by atoms with Crippen LogP contribution in [0.2, 0.25) is 5.02 Å². The number of nitrogens with two attached hydrogens (primary N) is 1. The average molecular weight is 321 g/mol. The van der Waals surface area contributed by atoms with E-state index in [0.717, 1.165) is 5.75 Å². The normalized spacial score (nSPS) is 11.9. The number of carbonyl (C=O) groups excluding carboxylic acids is 1. The molecule has 0 radical (unpaired) electrons. The molecule has 0 aromatic heterocycles. The van der Waals surface area contributed by atoms with E-state index < -0.39 is 0 Å². The van der Waals surface area contributed by atoms with E-state index in [2.05, 4.69) is 17.4 Å². The standard InChI is InChI=1S/C16H17ClN2OS/c1-11(21-10-12-5-3-2-4-6-12)16(20)19-13-7-8-14(17)15(18)9-13/h2-9,11H,10,18H2,1H3,(H,19,20). The average Bonchev–Trinajstić information content (AvgIpc) is 2.49. The van der Waals surface area contributed by atoms with Gasteiger partial charge in [0.2, 0.25) is 5.91 Å². The lowest BCUT2D eigenvalue weighted by Crippen LogP contribution is -2.22. The van der Waals surface area contributed by atoms with Gasteiger partial charge < -0.3 is 11.1 Å². The van der Waals surface area contributed by atoms with E-state index in [1.165, 1.54) is 5.56 Å². The summed E-state index contributed by atoms with van der Waals surface area (Å²) < 4.78 is 0. The fraction of sp³-hybridized carbons (Fsp3) is 0.188. The molecule has 0 aliphatic heterocycles. The number of rotatable bonds is 5. The minimum absolute atomic E-state index is 0.0438. The topological polar surface area (TPSA) is 55.1 Å². The molecule has 3 nitrogen and oxygen atoms in total. The van der Waals surface area contributed by atoms with Gasteiger partial charge in [0.15, 0.2) is 0 Å². The molecular formula is C16H17ClN2OS. The number of nitrogens with one attached hydrogen (secondary N) is 1. The van der Waals surface area contributed by atoms with Crippen molar-refractivity contribution in [2.75, 3.05) is 11.1 Å². The molecule has 5 heteroatoms. The van der Waals surface area contributed by atoms with Gasteiger partial charge in [0.1, 0.15) is 0 Å². The summed E-state index contributed by atoms with van der Waals surface area (Å²) in [6.45, 7) is 1.89. The summed E-state index contributed by atoms with van der Waals surface area (Å²) in [5, 5.41) is 3.18. The van der Waals surface area contributed by atoms with Crippen LogP contribution in [-0.4, -0.2) is 11.2 Å². The zero-order chi connectivity index (χ0) is 15.2. The highest BCUT2D eigenvalue weighted by atomic mass is 35.5. The Balaban J connectivity index is 1.89. The van der Waals surface area contributed by atoms with E-state index in [1.54, 1.807) is 30.0 Å². The molecule has 1 unspecified atom stereocenters. The Labute approximate surface area is 133 Å². The molecule has 2 rings (SSSR count). The molecule has 110 valence electrons. The summed E-state index contributed by atoms with van der Waals surface area (Å²) in [6.07, 6.45) is 0. The Hall–Kier alpha value is -1.65. The maximum absolute atomic E-state index is 12.1. The van der Waals surface area contributed by atoms with Crippen LogP contribution in [0, 0.1) is 0 Å². The highest BCUT2D eigenvalue weighted by molar-refractivity contribution is 7.99. The predicted octanol–water partition coefficient (Wildman–Crippen LogP) is 4.18. The van der Waals surface area contributed by atoms with Crippen molar-refractivity contribution in [3.05, 3.63) is 59.1 Å². The second kappa shape index (κ2) is 7.38. The number of hydrogen-bond donors (Lipinski definition) is 2. The van der Waals surface area contributed by atoms with Gasteiger partial charge in [-0.25, -0.2) is 0 Å². The van der Waals surface area contributed by atoms with Crippen molar-refractivity contribution in [2.45, 2.75) is 17.9 Å². The van der Waals surface area contributed by atoms with Crippen LogP contribution in [0.4, 0.5) is 11.4 Å². The van der Waals surface area contributed by atoms with Crippen LogP contribution in [0.1, 0.15) is 12.5 Å². The Morgan fingerprint density at radius 1 is 1.29 bits per heavy atom. The first kappa shape index (κ1) is 15.7. The maximum atomic E-state index is 12.1. The van der Waals surface area contributed by atoms with Crippen molar-refractivity contribution in [3.63, 3.8) is 0 Å². The number of hydrogen-bond acceptors (Lipinski definition) is 3. The van der Waals surface area contributed by atoms with Crippen LogP contribution in [0.5, 0.6) is 0 Å². The fourth-order valence-corrected chi connectivity index (χ4v) is 2.70. The molecule has 0 spiro atoms. The van der Waals surface area contributed by atoms with Crippen molar-refractivity contribution in [3.8, 4) is 0 Å². The van der Waals surface area contributed by atoms with Gasteiger partial charge in [-0.3, -0.25) is 4.79 Å². The molecule has 0 fully saturated rings. The van der Waals surface area contributed by atoms with Crippen LogP contribution in [0.15, 0.2) is 48.5 Å². The van der Waals surface area contributed by atoms with Gasteiger partial charge in [-0.15, -0.1) is 11.8 Å². The number of amides is 1. The molecule has 1 atom stereocenters. The van der Waals surface area contributed by atoms with Gasteiger partial charge in [-0.1, -0.05) is 41.9 Å². The largest absolute Gasteiger partial charge is 0.397 e. The van der Waals surface area contributed by atoms with E-state index in [1.807, 2.05) is 25.1 Å². The number of carbonyl (C=O) groups is 1. The van der Waals surface area contributed by atoms with Crippen molar-refractivity contribution in [1.82, 2.24) is 0 Å². The summed E-state index contributed by atoms with van der Waals surface area (Å²) in [5.74, 6) is 0.760. The quantitative estimate of drug-likeness (QED) is 0.812. The monoisotopic (exact) mass is 320 g/mol. The van der Waals surface area contributed by atoms with Gasteiger partial charge in [0, 0.05) is 11.4 Å². The SMILES string of the molecule is CC(SCc1ccccc1)C(=O)Nc1ccc(Cl)c(N)c1. The first-order valence-corrected chi connectivity index (χ1v) is 8.00. The minimum atomic E-state index is -0.151. The zero-order valence-electron chi connectivity index (χ0n) is 11.7. The third-order valence-corrected chi connectivity index (χ3v) is 4.53. The lowest BCUT2D eigenvalue weighted by Gasteiger charge is -2.12. The Kier molecular flexibility index (Phi) is 5.53. The van der Waals surface area contributed by atoms with Gasteiger partial charge >= 0.3 is 0 Å². The predicted molar refractivity (Wildman–Crippen MR) is 91.7 cm³/mol. The number of halogens is 1. The van der Waals surface area contributed by atoms with E-state index in [9.17, 15) is 4.79 Å². The molecule has 21 heavy (non-hydrogen) atoms. The number of nitrogen functional groups attached to an aromatic ring is 1. The van der Waals surface area contributed by atoms with Crippen molar-refractivity contribution < 1.29 is 4.79 Å². The Morgan fingerprint density at radius 3 is 2.67 bits per heavy atom. The van der Waals surface area contributed by atoms with Gasteiger partial charge in [0.05, 0.1) is 16.0 Å². The molecule has 1 amide bonds. The number of benzene rings is 2. The molecule has 0 aliphatic carbocycles. The maximum Gasteiger partial charge on any atom is 0.237 e. The Bertz CT molecular complexity index is 619. The van der Waals surface area contributed by atoms with Crippen LogP contribution in [0.25, 0.3) is 0 Å². The number of thioether (sulfide) groups is 1. The van der Waals surface area contributed by atoms with Crippen molar-refractivity contribution in [1.29, 1.82) is 0 Å². The first-order valence-electron chi connectivity index (χ1n) is 6.57. The summed E-state index contributed by atoms with van der Waals surface area (Å²) in [4.78, 5) is 12.1. The highest BCUT2D eigenvalue weighted by Crippen LogP contribution is 2.24. The molecule has 0 aliphatic rings. The van der Waals surface area contributed by atoms with Crippen molar-refractivity contribution in [2.24, 2.45) is 0 Å². The van der Waals surface area contributed by atoms with Gasteiger partial charge in [-0.2, -0.15) is 0 Å². The van der Waals surface area contributed by atoms with Crippen LogP contribution in [0.3, 0.4) is 0 Å². The van der Waals surface area contributed by atoms with E-state index in [4.69, 9.17) is 17.3 Å². The smallest absolute Gasteiger partial charge is 0.237 e. The lowest BCUT2D eigenvalue weighted by atomic mass is 10.2. The van der Waals surface area contributed by atoms with E-state index >= 15 is 0 Å². The summed E-state index contributed by atoms with van der Waals surface area (Å²) in [5.41, 5.74) is 8.04. The molecule has 2 aromatic carbocycles. The van der Waals surface area contributed by atoms with Gasteiger partial charge in [-0.05, 0) is 30.7 Å². The lowest BCUT2D eigenvalue weighted by molar-refractivity contribution is -0.115. The van der Waals surface area contributed by atoms with Crippen LogP contribution >= 0.6 is 23.4 Å². The fourth-order valence-electron chi connectivity index (χ4n) is 1.74. The molecular weight excluding hydrogens is 304 g/mol. The summed E-state index contributed by atoms with van der Waals surface area (Å²) in [6, 6.07) is 15.2. The Morgan fingerprint density at radius 2 is 2.00 bits per heavy atom. The van der Waals surface area contributed by atoms with Crippen LogP contribution < -0.4 is 11.1 Å². The third-order valence-electron chi connectivity index (χ3n) is 2.98. The third kappa shape index (κ3) is 4.69. The second-order valence-electron chi connectivity index (χ2n) is 4.66. The molecule has 2 aromatic rings. The van der Waals surface area contributed by atoms with E-state index in [-0.39, 0.29) is 11.2 Å². The molecule has 3 N–H and O–H groups in total. The summed E-state index contributed by atoms with van der Waals surface area (Å²) >= 11 is 7.45. The minimum Gasteiger partial charge on any atom is -0.397 e. The molecule has 0 bridgehead atoms. The number of anilines is 2. The van der Waals surface area contributed by atoms with E-state index in [0.29, 0.717) is 16.4 Å². The molecule has 0 saturated carbocycles.